The van der Waals surface area contributed by atoms with E-state index in [1.807, 2.05) is 0 Å². The van der Waals surface area contributed by atoms with Gasteiger partial charge in [-0.3, -0.25) is 22.6 Å². The Morgan fingerprint density at radius 2 is 1.38 bits per heavy atom. The van der Waals surface area contributed by atoms with Crippen molar-refractivity contribution in [3.05, 3.63) is 0 Å². The van der Waals surface area contributed by atoms with Gasteiger partial charge in [-0.2, -0.15) is 8.62 Å². The monoisotopic (exact) mass is 482 g/mol. The predicted octanol–water partition coefficient (Wildman–Crippen LogP) is 3.92. The van der Waals surface area contributed by atoms with Crippen LogP contribution in [-0.4, -0.2) is 60.5 Å². The molecular weight excluding hydrogens is 453 g/mol. The first kappa shape index (κ1) is 25.6. The molecule has 15 heteroatoms. The molecule has 172 valence electrons. The van der Waals surface area contributed by atoms with Gasteiger partial charge in [-0.15, -0.1) is 0 Å². The third kappa shape index (κ3) is 6.65. The smallest absolute Gasteiger partial charge is 0.379 e. The normalized spacial score (nSPS) is 29.9. The number of phosphoric ester groups is 2. The second-order valence-corrected chi connectivity index (χ2v) is 12.2. The molecular formula is C14H29O12P3. The van der Waals surface area contributed by atoms with Gasteiger partial charge in [-0.1, -0.05) is 6.42 Å². The molecule has 5 atom stereocenters. The molecule has 12 nitrogen and oxygen atoms in total. The third-order valence-electron chi connectivity index (χ3n) is 4.90. The van der Waals surface area contributed by atoms with Crippen molar-refractivity contribution >= 4 is 23.5 Å². The van der Waals surface area contributed by atoms with Crippen molar-refractivity contribution in [1.29, 1.82) is 0 Å². The summed E-state index contributed by atoms with van der Waals surface area (Å²) in [6.07, 6.45) is 3.31. The molecule has 0 radical (unpaired) electrons. The maximum absolute atomic E-state index is 12.8. The number of phosphoric acid groups is 3. The molecule has 1 aliphatic carbocycles. The summed E-state index contributed by atoms with van der Waals surface area (Å²) in [6.45, 7) is -0.219. The Morgan fingerprint density at radius 3 is 1.83 bits per heavy atom. The van der Waals surface area contributed by atoms with Gasteiger partial charge in [0.15, 0.2) is 0 Å². The zero-order valence-electron chi connectivity index (χ0n) is 17.1. The lowest BCUT2D eigenvalue weighted by atomic mass is 9.80. The fourth-order valence-electron chi connectivity index (χ4n) is 3.00. The standard InChI is InChI=1S/C14H29O12P3/c1-18-13-9-12(11-7-6-8-11)24-14(13)10-23-28(16,21-4)26-29(17,22-5)25-27(15,19-2)20-3/h11-14H,6-10H2,1-5H3/t12-,13?,14-,28?,29?/m1/s1. The number of hydrogen-bond donors (Lipinski definition) is 0. The highest BCUT2D eigenvalue weighted by Gasteiger charge is 2.47. The van der Waals surface area contributed by atoms with Crippen molar-refractivity contribution in [2.24, 2.45) is 5.92 Å². The maximum Gasteiger partial charge on any atom is 0.492 e. The molecule has 0 amide bonds. The molecule has 0 spiro atoms. The van der Waals surface area contributed by atoms with E-state index in [9.17, 15) is 13.7 Å². The summed E-state index contributed by atoms with van der Waals surface area (Å²) >= 11 is 0. The summed E-state index contributed by atoms with van der Waals surface area (Å²) in [7, 11) is -7.93. The Balaban J connectivity index is 2.01. The molecule has 0 aromatic heterocycles. The third-order valence-corrected chi connectivity index (χ3v) is 10.4. The number of ether oxygens (including phenoxy) is 2. The van der Waals surface area contributed by atoms with Gasteiger partial charge in [-0.05, 0) is 18.8 Å². The molecule has 0 N–H and O–H groups in total. The van der Waals surface area contributed by atoms with Gasteiger partial charge in [-0.25, -0.2) is 13.7 Å². The molecule has 2 aliphatic rings. The predicted molar refractivity (Wildman–Crippen MR) is 100 cm³/mol. The highest BCUT2D eigenvalue weighted by Crippen LogP contribution is 2.72. The van der Waals surface area contributed by atoms with Crippen LogP contribution in [-0.2, 0) is 54.4 Å². The number of hydrogen-bond acceptors (Lipinski definition) is 12. The zero-order valence-corrected chi connectivity index (χ0v) is 19.8. The first-order valence-corrected chi connectivity index (χ1v) is 13.3. The van der Waals surface area contributed by atoms with Crippen molar-refractivity contribution in [3.8, 4) is 0 Å². The molecule has 1 aliphatic heterocycles. The lowest BCUT2D eigenvalue weighted by molar-refractivity contribution is -0.0559. The van der Waals surface area contributed by atoms with Crippen LogP contribution in [0.25, 0.3) is 0 Å². The Hall–Kier alpha value is 0.330. The van der Waals surface area contributed by atoms with E-state index in [1.165, 1.54) is 6.42 Å². The first-order valence-electron chi connectivity index (χ1n) is 8.94. The molecule has 1 heterocycles. The van der Waals surface area contributed by atoms with Gasteiger partial charge in [0.05, 0.1) is 18.8 Å². The Labute approximate surface area is 170 Å². The van der Waals surface area contributed by atoms with Gasteiger partial charge >= 0.3 is 23.5 Å². The van der Waals surface area contributed by atoms with Crippen LogP contribution in [0.4, 0.5) is 0 Å². The van der Waals surface area contributed by atoms with Crippen LogP contribution in [0.5, 0.6) is 0 Å². The van der Waals surface area contributed by atoms with E-state index in [0.29, 0.717) is 12.3 Å². The molecule has 0 aromatic rings. The van der Waals surface area contributed by atoms with Crippen molar-refractivity contribution in [2.45, 2.75) is 44.0 Å². The minimum absolute atomic E-state index is 0.0350. The topological polar surface area (TPSA) is 134 Å². The van der Waals surface area contributed by atoms with E-state index in [-0.39, 0.29) is 18.8 Å². The van der Waals surface area contributed by atoms with Crippen molar-refractivity contribution in [3.63, 3.8) is 0 Å². The minimum atomic E-state index is -4.70. The van der Waals surface area contributed by atoms with Crippen LogP contribution in [0.15, 0.2) is 0 Å². The molecule has 1 saturated carbocycles. The van der Waals surface area contributed by atoms with E-state index >= 15 is 0 Å². The Morgan fingerprint density at radius 1 is 0.828 bits per heavy atom. The van der Waals surface area contributed by atoms with Gasteiger partial charge in [0.25, 0.3) is 0 Å². The fraction of sp³-hybridized carbons (Fsp3) is 1.00. The highest BCUT2D eigenvalue weighted by atomic mass is 31.3. The van der Waals surface area contributed by atoms with Gasteiger partial charge in [0, 0.05) is 42.0 Å². The van der Waals surface area contributed by atoms with E-state index in [0.717, 1.165) is 41.3 Å². The lowest BCUT2D eigenvalue weighted by Gasteiger charge is -2.30. The molecule has 0 bridgehead atoms. The van der Waals surface area contributed by atoms with Crippen molar-refractivity contribution < 1.29 is 54.4 Å². The summed E-state index contributed by atoms with van der Waals surface area (Å²) in [5.41, 5.74) is 0. The number of rotatable bonds is 13. The van der Waals surface area contributed by atoms with E-state index in [2.05, 4.69) is 17.9 Å². The van der Waals surface area contributed by atoms with Gasteiger partial charge in [0.2, 0.25) is 0 Å². The van der Waals surface area contributed by atoms with Crippen molar-refractivity contribution in [2.75, 3.05) is 42.2 Å². The van der Waals surface area contributed by atoms with Gasteiger partial charge in [0.1, 0.15) is 6.10 Å². The quantitative estimate of drug-likeness (QED) is 0.352. The average molecular weight is 482 g/mol. The van der Waals surface area contributed by atoms with Crippen molar-refractivity contribution in [1.82, 2.24) is 0 Å². The second kappa shape index (κ2) is 10.8. The molecule has 3 unspecified atom stereocenters. The van der Waals surface area contributed by atoms with Crippen LogP contribution in [0, 0.1) is 5.92 Å². The van der Waals surface area contributed by atoms with Crippen LogP contribution >= 0.6 is 23.5 Å². The van der Waals surface area contributed by atoms with Crippen LogP contribution in [0.1, 0.15) is 25.7 Å². The Kier molecular flexibility index (Phi) is 9.50. The summed E-state index contributed by atoms with van der Waals surface area (Å²) < 4.78 is 82.1. The van der Waals surface area contributed by atoms with E-state index in [4.69, 9.17) is 22.8 Å². The Bertz CT molecular complexity index is 660. The summed E-state index contributed by atoms with van der Waals surface area (Å²) in [5.74, 6) is 0.475. The second-order valence-electron chi connectivity index (χ2n) is 6.44. The zero-order chi connectivity index (χ0) is 21.7. The molecule has 29 heavy (non-hydrogen) atoms. The molecule has 0 aromatic carbocycles. The molecule has 1 saturated heterocycles. The highest BCUT2D eigenvalue weighted by molar-refractivity contribution is 7.67. The summed E-state index contributed by atoms with van der Waals surface area (Å²) in [4.78, 5) is 0. The van der Waals surface area contributed by atoms with E-state index in [1.54, 1.807) is 7.11 Å². The fourth-order valence-corrected chi connectivity index (χ4v) is 7.45. The average Bonchev–Trinajstić information content (AvgIpc) is 3.07. The molecule has 2 fully saturated rings. The SMILES string of the molecule is COC1C[C@H](C2CCC2)O[C@@H]1COP(=O)(OC)OP(=O)(OC)OP(=O)(OC)OC. The molecule has 2 rings (SSSR count). The van der Waals surface area contributed by atoms with E-state index < -0.39 is 29.6 Å². The number of methoxy groups -OCH3 is 1. The summed E-state index contributed by atoms with van der Waals surface area (Å²) in [6, 6.07) is 0. The summed E-state index contributed by atoms with van der Waals surface area (Å²) in [5, 5.41) is 0. The largest absolute Gasteiger partial charge is 0.492 e. The first-order chi connectivity index (χ1) is 13.7. The van der Waals surface area contributed by atoms with Crippen LogP contribution in [0.2, 0.25) is 0 Å². The lowest BCUT2D eigenvalue weighted by Crippen LogP contribution is -2.29. The minimum Gasteiger partial charge on any atom is -0.379 e. The van der Waals surface area contributed by atoms with Gasteiger partial charge < -0.3 is 9.47 Å². The maximum atomic E-state index is 12.8. The van der Waals surface area contributed by atoms with Crippen LogP contribution < -0.4 is 0 Å². The van der Waals surface area contributed by atoms with Crippen LogP contribution in [0.3, 0.4) is 0 Å².